The largest absolute Gasteiger partial charge is 0.353 e. The van der Waals surface area contributed by atoms with Gasteiger partial charge in [-0.15, -0.1) is 0 Å². The van der Waals surface area contributed by atoms with Crippen LogP contribution in [-0.2, 0) is 0 Å². The maximum Gasteiger partial charge on any atom is 0.295 e. The summed E-state index contributed by atoms with van der Waals surface area (Å²) in [6, 6.07) is 14.5. The van der Waals surface area contributed by atoms with Gasteiger partial charge in [-0.3, -0.25) is 10.1 Å². The van der Waals surface area contributed by atoms with Gasteiger partial charge in [0.15, 0.2) is 5.69 Å². The highest BCUT2D eigenvalue weighted by Gasteiger charge is 2.23. The lowest BCUT2D eigenvalue weighted by atomic mass is 10.1. The monoisotopic (exact) mass is 376 g/mol. The summed E-state index contributed by atoms with van der Waals surface area (Å²) in [7, 11) is 0. The Bertz CT molecular complexity index is 987. The molecule has 0 N–H and O–H groups in total. The zero-order chi connectivity index (χ0) is 19.5. The molecule has 1 aliphatic heterocycles. The number of anilines is 2. The average molecular weight is 376 g/mol. The number of aromatic nitrogens is 3. The number of nitrogens with zero attached hydrogens (tertiary/aromatic N) is 6. The summed E-state index contributed by atoms with van der Waals surface area (Å²) in [5, 5.41) is 11.4. The number of piperazine rings is 1. The Morgan fingerprint density at radius 3 is 2.14 bits per heavy atom. The van der Waals surface area contributed by atoms with Crippen molar-refractivity contribution in [1.29, 1.82) is 0 Å². The number of nitro groups is 1. The van der Waals surface area contributed by atoms with Crippen LogP contribution in [-0.4, -0.2) is 46.1 Å². The van der Waals surface area contributed by atoms with E-state index in [1.54, 1.807) is 18.3 Å². The molecule has 2 aromatic heterocycles. The minimum atomic E-state index is -0.380. The van der Waals surface area contributed by atoms with Gasteiger partial charge >= 0.3 is 0 Å². The second-order valence-electron chi connectivity index (χ2n) is 6.60. The van der Waals surface area contributed by atoms with E-state index >= 15 is 0 Å². The molecule has 0 spiro atoms. The van der Waals surface area contributed by atoms with E-state index in [0.29, 0.717) is 5.69 Å². The summed E-state index contributed by atoms with van der Waals surface area (Å²) >= 11 is 0. The topological polar surface area (TPSA) is 88.3 Å². The number of aryl methyl sites for hydroxylation is 1. The van der Waals surface area contributed by atoms with Crippen LogP contribution < -0.4 is 9.80 Å². The smallest absolute Gasteiger partial charge is 0.295 e. The first-order chi connectivity index (χ1) is 13.6. The quantitative estimate of drug-likeness (QED) is 0.511. The van der Waals surface area contributed by atoms with E-state index < -0.39 is 0 Å². The van der Waals surface area contributed by atoms with Gasteiger partial charge in [0.2, 0.25) is 0 Å². The Morgan fingerprint density at radius 2 is 1.54 bits per heavy atom. The van der Waals surface area contributed by atoms with Crippen LogP contribution in [0.3, 0.4) is 0 Å². The van der Waals surface area contributed by atoms with Crippen LogP contribution >= 0.6 is 0 Å². The minimum absolute atomic E-state index is 0.0186. The molecule has 1 fully saturated rings. The fourth-order valence-electron chi connectivity index (χ4n) is 3.36. The third kappa shape index (κ3) is 3.62. The van der Waals surface area contributed by atoms with Crippen molar-refractivity contribution < 1.29 is 4.92 Å². The number of pyridine rings is 1. The first-order valence-corrected chi connectivity index (χ1v) is 9.12. The Hall–Kier alpha value is -3.55. The van der Waals surface area contributed by atoms with Gasteiger partial charge in [0.25, 0.3) is 5.69 Å². The highest BCUT2D eigenvalue weighted by Crippen LogP contribution is 2.30. The van der Waals surface area contributed by atoms with Gasteiger partial charge < -0.3 is 9.80 Å². The molecule has 28 heavy (non-hydrogen) atoms. The van der Waals surface area contributed by atoms with Gasteiger partial charge in [-0.1, -0.05) is 30.3 Å². The number of hydrogen-bond donors (Lipinski definition) is 0. The first kappa shape index (κ1) is 17.8. The summed E-state index contributed by atoms with van der Waals surface area (Å²) in [4.78, 5) is 28.7. The summed E-state index contributed by atoms with van der Waals surface area (Å²) in [5.41, 5.74) is 1.16. The molecule has 1 aromatic carbocycles. The van der Waals surface area contributed by atoms with Gasteiger partial charge in [-0.05, 0) is 19.1 Å². The van der Waals surface area contributed by atoms with Crippen LogP contribution in [0.5, 0.6) is 0 Å². The molecule has 8 nitrogen and oxygen atoms in total. The molecule has 0 aliphatic carbocycles. The summed E-state index contributed by atoms with van der Waals surface area (Å²) in [5.74, 6) is 2.43. The lowest BCUT2D eigenvalue weighted by Crippen LogP contribution is -2.47. The van der Waals surface area contributed by atoms with E-state index in [4.69, 9.17) is 0 Å². The van der Waals surface area contributed by atoms with Gasteiger partial charge in [0.05, 0.1) is 4.92 Å². The lowest BCUT2D eigenvalue weighted by Gasteiger charge is -2.36. The predicted octanol–water partition coefficient (Wildman–Crippen LogP) is 3.08. The Balaban J connectivity index is 1.56. The van der Waals surface area contributed by atoms with Crippen molar-refractivity contribution in [1.82, 2.24) is 15.0 Å². The zero-order valence-electron chi connectivity index (χ0n) is 15.5. The molecule has 0 amide bonds. The van der Waals surface area contributed by atoms with E-state index in [-0.39, 0.29) is 10.6 Å². The lowest BCUT2D eigenvalue weighted by molar-refractivity contribution is -0.384. The van der Waals surface area contributed by atoms with Crippen LogP contribution in [0.2, 0.25) is 0 Å². The van der Waals surface area contributed by atoms with Gasteiger partial charge in [0, 0.05) is 44.0 Å². The highest BCUT2D eigenvalue weighted by molar-refractivity contribution is 5.71. The summed E-state index contributed by atoms with van der Waals surface area (Å²) < 4.78 is 0. The van der Waals surface area contributed by atoms with Crippen LogP contribution in [0.1, 0.15) is 5.82 Å². The van der Waals surface area contributed by atoms with Gasteiger partial charge in [-0.2, -0.15) is 0 Å². The van der Waals surface area contributed by atoms with Crippen molar-refractivity contribution in [3.8, 4) is 11.3 Å². The molecule has 8 heteroatoms. The summed E-state index contributed by atoms with van der Waals surface area (Å²) in [6.07, 6.45) is 1.77. The first-order valence-electron chi connectivity index (χ1n) is 9.12. The third-order valence-corrected chi connectivity index (χ3v) is 4.79. The third-order valence-electron chi connectivity index (χ3n) is 4.79. The van der Waals surface area contributed by atoms with E-state index in [1.165, 1.54) is 0 Å². The fourth-order valence-corrected chi connectivity index (χ4v) is 3.36. The van der Waals surface area contributed by atoms with Crippen molar-refractivity contribution >= 4 is 17.3 Å². The number of rotatable bonds is 4. The molecule has 1 saturated heterocycles. The molecule has 0 saturated carbocycles. The molecule has 3 heterocycles. The standard InChI is InChI=1S/C20H20N6O2/c1-15-21-10-9-19(22-15)25-13-11-24(12-14-25)18-8-7-17(26(27)28)20(23-18)16-5-3-2-4-6-16/h2-10H,11-14H2,1H3. The maximum absolute atomic E-state index is 11.4. The molecule has 3 aromatic rings. The molecule has 142 valence electrons. The Kier molecular flexibility index (Phi) is 4.84. The van der Waals surface area contributed by atoms with Gasteiger partial charge in [-0.25, -0.2) is 15.0 Å². The normalized spacial score (nSPS) is 14.2. The minimum Gasteiger partial charge on any atom is -0.353 e. The van der Waals surface area contributed by atoms with E-state index in [2.05, 4.69) is 24.8 Å². The fraction of sp³-hybridized carbons (Fsp3) is 0.250. The van der Waals surface area contributed by atoms with Crippen LogP contribution in [0.4, 0.5) is 17.3 Å². The highest BCUT2D eigenvalue weighted by atomic mass is 16.6. The van der Waals surface area contributed by atoms with E-state index in [1.807, 2.05) is 43.3 Å². The van der Waals surface area contributed by atoms with Crippen LogP contribution in [0.25, 0.3) is 11.3 Å². The van der Waals surface area contributed by atoms with Crippen LogP contribution in [0, 0.1) is 17.0 Å². The molecule has 1 aliphatic rings. The Labute approximate surface area is 162 Å². The second-order valence-corrected chi connectivity index (χ2v) is 6.60. The zero-order valence-corrected chi connectivity index (χ0v) is 15.5. The van der Waals surface area contributed by atoms with Crippen molar-refractivity contribution in [2.75, 3.05) is 36.0 Å². The molecular weight excluding hydrogens is 356 g/mol. The second kappa shape index (κ2) is 7.59. The molecular formula is C20H20N6O2. The SMILES string of the molecule is Cc1nccc(N2CCN(c3ccc([N+](=O)[O-])c(-c4ccccc4)n3)CC2)n1. The van der Waals surface area contributed by atoms with Crippen molar-refractivity contribution in [2.45, 2.75) is 6.92 Å². The molecule has 0 unspecified atom stereocenters. The summed E-state index contributed by atoms with van der Waals surface area (Å²) in [6.45, 7) is 5.02. The van der Waals surface area contributed by atoms with Crippen molar-refractivity contribution in [2.24, 2.45) is 0 Å². The molecule has 0 bridgehead atoms. The average Bonchev–Trinajstić information content (AvgIpc) is 2.74. The molecule has 4 rings (SSSR count). The molecule has 0 atom stereocenters. The van der Waals surface area contributed by atoms with Crippen LogP contribution in [0.15, 0.2) is 54.7 Å². The number of benzene rings is 1. The Morgan fingerprint density at radius 1 is 0.893 bits per heavy atom. The van der Waals surface area contributed by atoms with E-state index in [9.17, 15) is 10.1 Å². The van der Waals surface area contributed by atoms with Crippen molar-refractivity contribution in [3.05, 3.63) is 70.7 Å². The van der Waals surface area contributed by atoms with E-state index in [0.717, 1.165) is 49.2 Å². The van der Waals surface area contributed by atoms with Gasteiger partial charge in [0.1, 0.15) is 17.5 Å². The number of hydrogen-bond acceptors (Lipinski definition) is 7. The predicted molar refractivity (Wildman–Crippen MR) is 108 cm³/mol. The van der Waals surface area contributed by atoms with Crippen molar-refractivity contribution in [3.63, 3.8) is 0 Å². The maximum atomic E-state index is 11.4. The molecule has 0 radical (unpaired) electrons.